The molecule has 0 atom stereocenters. The third kappa shape index (κ3) is 2.31. The largest absolute Gasteiger partial charge is 0.507 e. The maximum Gasteiger partial charge on any atom is 0.169 e. The van der Waals surface area contributed by atoms with Crippen molar-refractivity contribution >= 4 is 21.7 Å². The Morgan fingerprint density at radius 1 is 1.46 bits per heavy atom. The van der Waals surface area contributed by atoms with Crippen LogP contribution in [-0.4, -0.2) is 10.9 Å². The van der Waals surface area contributed by atoms with Crippen molar-refractivity contribution in [2.75, 3.05) is 0 Å². The van der Waals surface area contributed by atoms with E-state index in [0.717, 1.165) is 4.47 Å². The zero-order valence-electron chi connectivity index (χ0n) is 7.54. The van der Waals surface area contributed by atoms with Gasteiger partial charge in [0.25, 0.3) is 0 Å². The first-order valence-corrected chi connectivity index (χ1v) is 4.84. The fraction of sp³-hybridized carbons (Fsp3) is 0.300. The zero-order chi connectivity index (χ0) is 10.0. The first-order valence-electron chi connectivity index (χ1n) is 4.05. The van der Waals surface area contributed by atoms with E-state index in [1.807, 2.05) is 13.8 Å². The number of halogens is 1. The van der Waals surface area contributed by atoms with Gasteiger partial charge in [-0.2, -0.15) is 0 Å². The molecule has 0 amide bonds. The number of phenolic OH excluding ortho intramolecular Hbond substituents is 1. The van der Waals surface area contributed by atoms with Gasteiger partial charge >= 0.3 is 0 Å². The summed E-state index contributed by atoms with van der Waals surface area (Å²) in [5.41, 5.74) is 0.379. The van der Waals surface area contributed by atoms with Crippen LogP contribution >= 0.6 is 15.9 Å². The summed E-state index contributed by atoms with van der Waals surface area (Å²) in [6.45, 7) is 3.62. The lowest BCUT2D eigenvalue weighted by molar-refractivity contribution is 0.0936. The molecule has 0 unspecified atom stereocenters. The molecule has 3 heteroatoms. The van der Waals surface area contributed by atoms with Gasteiger partial charge in [0, 0.05) is 10.4 Å². The van der Waals surface area contributed by atoms with Gasteiger partial charge in [-0.05, 0) is 18.2 Å². The van der Waals surface area contributed by atoms with Gasteiger partial charge in [0.05, 0.1) is 5.56 Å². The predicted molar refractivity (Wildman–Crippen MR) is 55.0 cm³/mol. The van der Waals surface area contributed by atoms with Crippen LogP contribution in [0.15, 0.2) is 22.7 Å². The lowest BCUT2D eigenvalue weighted by Gasteiger charge is -2.06. The van der Waals surface area contributed by atoms with Crippen LogP contribution in [0.3, 0.4) is 0 Å². The van der Waals surface area contributed by atoms with Crippen LogP contribution in [0.5, 0.6) is 5.75 Å². The maximum absolute atomic E-state index is 11.5. The molecule has 0 radical (unpaired) electrons. The Kier molecular flexibility index (Phi) is 3.09. The summed E-state index contributed by atoms with van der Waals surface area (Å²) >= 11 is 3.25. The summed E-state index contributed by atoms with van der Waals surface area (Å²) in [4.78, 5) is 11.5. The molecule has 2 nitrogen and oxygen atoms in total. The fourth-order valence-electron chi connectivity index (χ4n) is 1.02. The average molecular weight is 243 g/mol. The van der Waals surface area contributed by atoms with E-state index in [0.29, 0.717) is 5.56 Å². The highest BCUT2D eigenvalue weighted by molar-refractivity contribution is 9.10. The van der Waals surface area contributed by atoms with E-state index in [1.54, 1.807) is 12.1 Å². The Balaban J connectivity index is 3.13. The Morgan fingerprint density at radius 2 is 2.08 bits per heavy atom. The van der Waals surface area contributed by atoms with E-state index < -0.39 is 0 Å². The first-order chi connectivity index (χ1) is 6.02. The summed E-state index contributed by atoms with van der Waals surface area (Å²) in [6, 6.07) is 4.85. The highest BCUT2D eigenvalue weighted by Crippen LogP contribution is 2.24. The smallest absolute Gasteiger partial charge is 0.169 e. The highest BCUT2D eigenvalue weighted by Gasteiger charge is 2.14. The van der Waals surface area contributed by atoms with Crippen LogP contribution in [0.2, 0.25) is 0 Å². The quantitative estimate of drug-likeness (QED) is 0.810. The summed E-state index contributed by atoms with van der Waals surface area (Å²) < 4.78 is 0.800. The van der Waals surface area contributed by atoms with Crippen LogP contribution in [0.25, 0.3) is 0 Å². The van der Waals surface area contributed by atoms with Crippen molar-refractivity contribution in [3.05, 3.63) is 28.2 Å². The van der Waals surface area contributed by atoms with Crippen molar-refractivity contribution < 1.29 is 9.90 Å². The average Bonchev–Trinajstić information content (AvgIpc) is 2.08. The molecule has 1 rings (SSSR count). The van der Waals surface area contributed by atoms with Gasteiger partial charge < -0.3 is 5.11 Å². The van der Waals surface area contributed by atoms with E-state index in [4.69, 9.17) is 0 Å². The molecule has 1 aromatic carbocycles. The van der Waals surface area contributed by atoms with Gasteiger partial charge in [0.2, 0.25) is 0 Å². The fourth-order valence-corrected chi connectivity index (χ4v) is 1.38. The zero-order valence-corrected chi connectivity index (χ0v) is 9.13. The molecule has 0 fully saturated rings. The van der Waals surface area contributed by atoms with E-state index >= 15 is 0 Å². The molecule has 0 aliphatic heterocycles. The van der Waals surface area contributed by atoms with Gasteiger partial charge in [0.1, 0.15) is 5.75 Å². The summed E-state index contributed by atoms with van der Waals surface area (Å²) in [7, 11) is 0. The van der Waals surface area contributed by atoms with Gasteiger partial charge in [-0.3, -0.25) is 4.79 Å². The van der Waals surface area contributed by atoms with Gasteiger partial charge in [-0.25, -0.2) is 0 Å². The Morgan fingerprint density at radius 3 is 2.62 bits per heavy atom. The molecule has 0 aromatic heterocycles. The first kappa shape index (κ1) is 10.3. The van der Waals surface area contributed by atoms with Crippen molar-refractivity contribution in [2.45, 2.75) is 13.8 Å². The van der Waals surface area contributed by atoms with Crippen molar-refractivity contribution in [1.82, 2.24) is 0 Å². The molecule has 0 spiro atoms. The number of benzene rings is 1. The van der Waals surface area contributed by atoms with Crippen LogP contribution in [0, 0.1) is 5.92 Å². The van der Waals surface area contributed by atoms with E-state index in [-0.39, 0.29) is 17.5 Å². The Hall–Kier alpha value is -0.830. The number of hydrogen-bond donors (Lipinski definition) is 1. The second kappa shape index (κ2) is 3.92. The van der Waals surface area contributed by atoms with Gasteiger partial charge in [-0.15, -0.1) is 0 Å². The lowest BCUT2D eigenvalue weighted by atomic mass is 10.0. The summed E-state index contributed by atoms with van der Waals surface area (Å²) in [6.07, 6.45) is 0. The van der Waals surface area contributed by atoms with E-state index in [9.17, 15) is 9.90 Å². The number of hydrogen-bond acceptors (Lipinski definition) is 2. The number of carbonyl (C=O) groups excluding carboxylic acids is 1. The molecule has 1 aromatic rings. The number of ketones is 1. The molecular formula is C10H11BrO2. The van der Waals surface area contributed by atoms with Crippen LogP contribution in [0.1, 0.15) is 24.2 Å². The predicted octanol–water partition coefficient (Wildman–Crippen LogP) is 2.99. The molecule has 0 aliphatic rings. The van der Waals surface area contributed by atoms with E-state index in [2.05, 4.69) is 15.9 Å². The van der Waals surface area contributed by atoms with E-state index in [1.165, 1.54) is 6.07 Å². The Bertz CT molecular complexity index is 332. The summed E-state index contributed by atoms with van der Waals surface area (Å²) in [5, 5.41) is 9.41. The summed E-state index contributed by atoms with van der Waals surface area (Å²) in [5.74, 6) is -0.0964. The molecular weight excluding hydrogens is 232 g/mol. The maximum atomic E-state index is 11.5. The van der Waals surface area contributed by atoms with Crippen molar-refractivity contribution in [2.24, 2.45) is 5.92 Å². The van der Waals surface area contributed by atoms with Crippen molar-refractivity contribution in [1.29, 1.82) is 0 Å². The number of aromatic hydroxyl groups is 1. The minimum Gasteiger partial charge on any atom is -0.507 e. The lowest BCUT2D eigenvalue weighted by Crippen LogP contribution is -2.07. The second-order valence-electron chi connectivity index (χ2n) is 3.18. The highest BCUT2D eigenvalue weighted by atomic mass is 79.9. The molecule has 0 bridgehead atoms. The second-order valence-corrected chi connectivity index (χ2v) is 4.10. The van der Waals surface area contributed by atoms with Crippen LogP contribution in [0.4, 0.5) is 0 Å². The van der Waals surface area contributed by atoms with Crippen LogP contribution in [-0.2, 0) is 0 Å². The SMILES string of the molecule is CC(C)C(=O)c1cc(Br)ccc1O. The minimum absolute atomic E-state index is 0.0428. The number of phenols is 1. The topological polar surface area (TPSA) is 37.3 Å². The molecule has 0 saturated heterocycles. The monoisotopic (exact) mass is 242 g/mol. The third-order valence-electron chi connectivity index (χ3n) is 1.75. The molecule has 0 aliphatic carbocycles. The molecule has 1 N–H and O–H groups in total. The van der Waals surface area contributed by atoms with Crippen molar-refractivity contribution in [3.63, 3.8) is 0 Å². The molecule has 13 heavy (non-hydrogen) atoms. The van der Waals surface area contributed by atoms with Crippen LogP contribution < -0.4 is 0 Å². The third-order valence-corrected chi connectivity index (χ3v) is 2.24. The number of carbonyl (C=O) groups is 1. The molecule has 70 valence electrons. The number of rotatable bonds is 2. The number of Topliss-reactive ketones (excluding diaryl/α,β-unsaturated/α-hetero) is 1. The standard InChI is InChI=1S/C10H11BrO2/c1-6(2)10(13)8-5-7(11)3-4-9(8)12/h3-6,12H,1-2H3. The molecule has 0 saturated carbocycles. The normalized spacial score (nSPS) is 10.5. The van der Waals surface area contributed by atoms with Crippen molar-refractivity contribution in [3.8, 4) is 5.75 Å². The van der Waals surface area contributed by atoms with Gasteiger partial charge in [0.15, 0.2) is 5.78 Å². The minimum atomic E-state index is -0.0970. The molecule has 0 heterocycles. The Labute approximate surface area is 85.7 Å². The van der Waals surface area contributed by atoms with Gasteiger partial charge in [-0.1, -0.05) is 29.8 Å².